The Morgan fingerprint density at radius 2 is 2.11 bits per heavy atom. The van der Waals surface area contributed by atoms with Crippen molar-refractivity contribution in [3.8, 4) is 11.5 Å². The van der Waals surface area contributed by atoms with Crippen LogP contribution >= 0.6 is 0 Å². The van der Waals surface area contributed by atoms with Gasteiger partial charge in [-0.1, -0.05) is 22.9 Å². The van der Waals surface area contributed by atoms with Crippen LogP contribution in [0.15, 0.2) is 28.8 Å². The SMILES string of the molecule is Cc1ccc(-c2nc(CNC(=O)C3CC3)no2)cc1. The van der Waals surface area contributed by atoms with E-state index in [1.54, 1.807) is 0 Å². The van der Waals surface area contributed by atoms with Crippen molar-refractivity contribution in [2.45, 2.75) is 26.3 Å². The van der Waals surface area contributed by atoms with Crippen LogP contribution < -0.4 is 5.32 Å². The van der Waals surface area contributed by atoms with Crippen molar-refractivity contribution in [3.05, 3.63) is 35.7 Å². The van der Waals surface area contributed by atoms with Crippen LogP contribution in [-0.4, -0.2) is 16.0 Å². The molecule has 0 saturated heterocycles. The molecule has 5 nitrogen and oxygen atoms in total. The fraction of sp³-hybridized carbons (Fsp3) is 0.357. The molecule has 1 saturated carbocycles. The summed E-state index contributed by atoms with van der Waals surface area (Å²) in [6.07, 6.45) is 1.99. The first-order valence-electron chi connectivity index (χ1n) is 6.40. The average molecular weight is 257 g/mol. The van der Waals surface area contributed by atoms with Crippen LogP contribution in [0.4, 0.5) is 0 Å². The van der Waals surface area contributed by atoms with E-state index in [2.05, 4.69) is 15.5 Å². The van der Waals surface area contributed by atoms with E-state index < -0.39 is 0 Å². The molecule has 2 aromatic rings. The zero-order chi connectivity index (χ0) is 13.2. The fourth-order valence-corrected chi connectivity index (χ4v) is 1.80. The van der Waals surface area contributed by atoms with Crippen molar-refractivity contribution in [2.24, 2.45) is 5.92 Å². The van der Waals surface area contributed by atoms with Crippen molar-refractivity contribution < 1.29 is 9.32 Å². The van der Waals surface area contributed by atoms with Crippen molar-refractivity contribution >= 4 is 5.91 Å². The van der Waals surface area contributed by atoms with E-state index in [1.807, 2.05) is 31.2 Å². The molecule has 1 heterocycles. The standard InChI is InChI=1S/C14H15N3O2/c1-9-2-4-11(5-3-9)14-16-12(17-19-14)8-15-13(18)10-6-7-10/h2-5,10H,6-8H2,1H3,(H,15,18). The minimum absolute atomic E-state index is 0.0849. The second-order valence-electron chi connectivity index (χ2n) is 4.87. The molecule has 1 fully saturated rings. The Labute approximate surface area is 111 Å². The van der Waals surface area contributed by atoms with Gasteiger partial charge in [-0.3, -0.25) is 4.79 Å². The molecule has 0 atom stereocenters. The van der Waals surface area contributed by atoms with Gasteiger partial charge >= 0.3 is 0 Å². The summed E-state index contributed by atoms with van der Waals surface area (Å²) in [4.78, 5) is 15.8. The summed E-state index contributed by atoms with van der Waals surface area (Å²) in [6, 6.07) is 7.87. The number of amides is 1. The number of nitrogens with zero attached hydrogens (tertiary/aromatic N) is 2. The third-order valence-corrected chi connectivity index (χ3v) is 3.14. The number of carbonyl (C=O) groups excluding carboxylic acids is 1. The molecule has 98 valence electrons. The van der Waals surface area contributed by atoms with Gasteiger partial charge in [-0.15, -0.1) is 0 Å². The number of rotatable bonds is 4. The minimum atomic E-state index is 0.0849. The first kappa shape index (κ1) is 11.9. The van der Waals surface area contributed by atoms with Gasteiger partial charge in [0, 0.05) is 11.5 Å². The van der Waals surface area contributed by atoms with Crippen molar-refractivity contribution in [1.29, 1.82) is 0 Å². The number of aromatic nitrogens is 2. The van der Waals surface area contributed by atoms with Crippen LogP contribution in [0.5, 0.6) is 0 Å². The molecule has 1 aromatic carbocycles. The van der Waals surface area contributed by atoms with Crippen LogP contribution in [0.2, 0.25) is 0 Å². The fourth-order valence-electron chi connectivity index (χ4n) is 1.80. The zero-order valence-corrected chi connectivity index (χ0v) is 10.7. The summed E-state index contributed by atoms with van der Waals surface area (Å²) < 4.78 is 5.19. The number of nitrogens with one attached hydrogen (secondary N) is 1. The maximum Gasteiger partial charge on any atom is 0.257 e. The largest absolute Gasteiger partial charge is 0.348 e. The number of hydrogen-bond acceptors (Lipinski definition) is 4. The van der Waals surface area contributed by atoms with Gasteiger partial charge in [0.1, 0.15) is 0 Å². The molecule has 1 N–H and O–H groups in total. The second-order valence-corrected chi connectivity index (χ2v) is 4.87. The van der Waals surface area contributed by atoms with Crippen LogP contribution in [0.25, 0.3) is 11.5 Å². The van der Waals surface area contributed by atoms with Crippen molar-refractivity contribution in [2.75, 3.05) is 0 Å². The lowest BCUT2D eigenvalue weighted by molar-refractivity contribution is -0.122. The lowest BCUT2D eigenvalue weighted by atomic mass is 10.1. The normalized spacial score (nSPS) is 14.4. The van der Waals surface area contributed by atoms with Gasteiger partial charge in [-0.2, -0.15) is 4.98 Å². The van der Waals surface area contributed by atoms with Gasteiger partial charge in [0.2, 0.25) is 5.91 Å². The van der Waals surface area contributed by atoms with Crippen LogP contribution in [0, 0.1) is 12.8 Å². The molecule has 0 aliphatic heterocycles. The summed E-state index contributed by atoms with van der Waals surface area (Å²) >= 11 is 0. The molecule has 5 heteroatoms. The summed E-state index contributed by atoms with van der Waals surface area (Å²) in [7, 11) is 0. The zero-order valence-electron chi connectivity index (χ0n) is 10.7. The highest BCUT2D eigenvalue weighted by Crippen LogP contribution is 2.28. The Morgan fingerprint density at radius 3 is 2.79 bits per heavy atom. The molecule has 1 aliphatic rings. The van der Waals surface area contributed by atoms with Crippen LogP contribution in [-0.2, 0) is 11.3 Å². The molecule has 3 rings (SSSR count). The number of carbonyl (C=O) groups is 1. The number of hydrogen-bond donors (Lipinski definition) is 1. The van der Waals surface area contributed by atoms with Crippen molar-refractivity contribution in [3.63, 3.8) is 0 Å². The summed E-state index contributed by atoms with van der Waals surface area (Å²) in [6.45, 7) is 2.35. The molecule has 0 unspecified atom stereocenters. The van der Waals surface area contributed by atoms with Gasteiger partial charge < -0.3 is 9.84 Å². The van der Waals surface area contributed by atoms with E-state index >= 15 is 0 Å². The maximum absolute atomic E-state index is 11.5. The van der Waals surface area contributed by atoms with E-state index in [1.165, 1.54) is 5.56 Å². The third kappa shape index (κ3) is 2.81. The molecule has 1 aromatic heterocycles. The van der Waals surface area contributed by atoms with Gasteiger partial charge in [0.15, 0.2) is 5.82 Å². The van der Waals surface area contributed by atoms with E-state index in [0.717, 1.165) is 18.4 Å². The Morgan fingerprint density at radius 1 is 1.37 bits per heavy atom. The highest BCUT2D eigenvalue weighted by molar-refractivity contribution is 5.80. The molecular weight excluding hydrogens is 242 g/mol. The van der Waals surface area contributed by atoms with E-state index in [9.17, 15) is 4.79 Å². The molecule has 0 spiro atoms. The predicted molar refractivity (Wildman–Crippen MR) is 69.0 cm³/mol. The Hall–Kier alpha value is -2.17. The van der Waals surface area contributed by atoms with Gasteiger partial charge in [0.05, 0.1) is 6.54 Å². The average Bonchev–Trinajstić information content (AvgIpc) is 3.16. The van der Waals surface area contributed by atoms with Crippen molar-refractivity contribution in [1.82, 2.24) is 15.5 Å². The Balaban J connectivity index is 1.65. The molecule has 19 heavy (non-hydrogen) atoms. The van der Waals surface area contributed by atoms with E-state index in [-0.39, 0.29) is 11.8 Å². The van der Waals surface area contributed by atoms with E-state index in [4.69, 9.17) is 4.52 Å². The van der Waals surface area contributed by atoms with Crippen LogP contribution in [0.1, 0.15) is 24.2 Å². The summed E-state index contributed by atoms with van der Waals surface area (Å²) in [5.41, 5.74) is 2.07. The molecule has 1 amide bonds. The Bertz CT molecular complexity index is 585. The first-order chi connectivity index (χ1) is 9.22. The smallest absolute Gasteiger partial charge is 0.257 e. The topological polar surface area (TPSA) is 68.0 Å². The minimum Gasteiger partial charge on any atom is -0.348 e. The third-order valence-electron chi connectivity index (χ3n) is 3.14. The summed E-state index contributed by atoms with van der Waals surface area (Å²) in [5.74, 6) is 1.27. The summed E-state index contributed by atoms with van der Waals surface area (Å²) in [5, 5.41) is 6.68. The van der Waals surface area contributed by atoms with Gasteiger partial charge in [0.25, 0.3) is 5.89 Å². The molecule has 0 bridgehead atoms. The number of aryl methyl sites for hydroxylation is 1. The monoisotopic (exact) mass is 257 g/mol. The lowest BCUT2D eigenvalue weighted by Crippen LogP contribution is -2.24. The lowest BCUT2D eigenvalue weighted by Gasteiger charge is -1.98. The number of benzene rings is 1. The Kier molecular flexibility index (Phi) is 3.03. The predicted octanol–water partition coefficient (Wildman–Crippen LogP) is 2.07. The second kappa shape index (κ2) is 4.84. The molecular formula is C14H15N3O2. The van der Waals surface area contributed by atoms with Crippen LogP contribution in [0.3, 0.4) is 0 Å². The van der Waals surface area contributed by atoms with Gasteiger partial charge in [-0.25, -0.2) is 0 Å². The van der Waals surface area contributed by atoms with Gasteiger partial charge in [-0.05, 0) is 31.9 Å². The van der Waals surface area contributed by atoms with E-state index in [0.29, 0.717) is 18.3 Å². The molecule has 1 aliphatic carbocycles. The highest BCUT2D eigenvalue weighted by atomic mass is 16.5. The first-order valence-corrected chi connectivity index (χ1v) is 6.40. The quantitative estimate of drug-likeness (QED) is 0.910. The molecule has 0 radical (unpaired) electrons. The maximum atomic E-state index is 11.5. The highest BCUT2D eigenvalue weighted by Gasteiger charge is 2.29.